The third-order valence-corrected chi connectivity index (χ3v) is 5.31. The highest BCUT2D eigenvalue weighted by molar-refractivity contribution is 6.31. The Labute approximate surface area is 192 Å². The quantitative estimate of drug-likeness (QED) is 0.522. The smallest absolute Gasteiger partial charge is 0.338 e. The number of allylic oxidation sites excluding steroid dienone is 1. The highest BCUT2D eigenvalue weighted by Crippen LogP contribution is 2.36. The van der Waals surface area contributed by atoms with Gasteiger partial charge in [0.25, 0.3) is 0 Å². The number of ether oxygens (including phenoxy) is 3. The van der Waals surface area contributed by atoms with Crippen LogP contribution in [-0.2, 0) is 16.1 Å². The fourth-order valence-electron chi connectivity index (χ4n) is 3.46. The molecule has 7 nitrogen and oxygen atoms in total. The maximum atomic E-state index is 12.7. The number of nitrogens with one attached hydrogen (secondary N) is 2. The van der Waals surface area contributed by atoms with Crippen LogP contribution in [0, 0.1) is 0 Å². The summed E-state index contributed by atoms with van der Waals surface area (Å²) in [6.07, 6.45) is 0.482. The number of benzene rings is 2. The molecule has 2 aromatic rings. The van der Waals surface area contributed by atoms with Crippen LogP contribution in [0.1, 0.15) is 44.4 Å². The highest BCUT2D eigenvalue weighted by Gasteiger charge is 2.33. The molecule has 1 heterocycles. The predicted molar refractivity (Wildman–Crippen MR) is 122 cm³/mol. The molecule has 3 rings (SSSR count). The largest absolute Gasteiger partial charge is 0.490 e. The molecule has 1 atom stereocenters. The van der Waals surface area contributed by atoms with E-state index in [0.717, 1.165) is 5.56 Å². The summed E-state index contributed by atoms with van der Waals surface area (Å²) in [7, 11) is 0. The molecule has 1 aliphatic rings. The number of urea groups is 1. The number of carbonyl (C=O) groups excluding carboxylic acids is 2. The number of hydrogen-bond donors (Lipinski definition) is 2. The normalized spacial score (nSPS) is 15.6. The average molecular weight is 459 g/mol. The molecule has 0 bridgehead atoms. The van der Waals surface area contributed by atoms with Crippen molar-refractivity contribution in [3.63, 3.8) is 0 Å². The second-order valence-corrected chi connectivity index (χ2v) is 7.42. The molecule has 0 saturated heterocycles. The molecular weight excluding hydrogens is 432 g/mol. The molecule has 0 fully saturated rings. The van der Waals surface area contributed by atoms with E-state index in [4.69, 9.17) is 25.8 Å². The van der Waals surface area contributed by atoms with Crippen molar-refractivity contribution < 1.29 is 23.8 Å². The second-order valence-electron chi connectivity index (χ2n) is 7.02. The molecule has 170 valence electrons. The standard InChI is InChI=1S/C24H27ClN2O5/c1-4-18-21(23(28)31-6-3)22(27-24(29)26-18)15-11-12-19(20(13-15)30-5-2)32-14-16-9-7-8-10-17(16)25/h7-13,22H,4-6,14H2,1-3H3,(H2,26,27,29). The summed E-state index contributed by atoms with van der Waals surface area (Å²) >= 11 is 6.22. The van der Waals surface area contributed by atoms with E-state index in [1.807, 2.05) is 32.0 Å². The summed E-state index contributed by atoms with van der Waals surface area (Å²) in [6.45, 7) is 6.41. The van der Waals surface area contributed by atoms with Gasteiger partial charge in [0.15, 0.2) is 11.5 Å². The Bertz CT molecular complexity index is 1020. The zero-order valence-electron chi connectivity index (χ0n) is 18.4. The van der Waals surface area contributed by atoms with Gasteiger partial charge in [-0.25, -0.2) is 9.59 Å². The fourth-order valence-corrected chi connectivity index (χ4v) is 3.65. The summed E-state index contributed by atoms with van der Waals surface area (Å²) in [5.74, 6) is 0.568. The molecule has 32 heavy (non-hydrogen) atoms. The van der Waals surface area contributed by atoms with Gasteiger partial charge >= 0.3 is 12.0 Å². The highest BCUT2D eigenvalue weighted by atomic mass is 35.5. The molecule has 0 saturated carbocycles. The van der Waals surface area contributed by atoms with Gasteiger partial charge in [0.05, 0.1) is 24.8 Å². The Kier molecular flexibility index (Phi) is 8.00. The first-order valence-electron chi connectivity index (χ1n) is 10.6. The Hall–Kier alpha value is -3.19. The van der Waals surface area contributed by atoms with Gasteiger partial charge in [-0.2, -0.15) is 0 Å². The lowest BCUT2D eigenvalue weighted by molar-refractivity contribution is -0.139. The van der Waals surface area contributed by atoms with Crippen molar-refractivity contribution in [3.05, 3.63) is 69.9 Å². The first-order valence-corrected chi connectivity index (χ1v) is 11.0. The number of carbonyl (C=O) groups is 2. The summed E-state index contributed by atoms with van der Waals surface area (Å²) in [5.41, 5.74) is 2.45. The molecule has 0 aromatic heterocycles. The van der Waals surface area contributed by atoms with Crippen molar-refractivity contribution in [2.24, 2.45) is 0 Å². The van der Waals surface area contributed by atoms with Crippen molar-refractivity contribution in [2.75, 3.05) is 13.2 Å². The monoisotopic (exact) mass is 458 g/mol. The summed E-state index contributed by atoms with van der Waals surface area (Å²) in [6, 6.07) is 11.7. The van der Waals surface area contributed by atoms with Crippen LogP contribution in [0.3, 0.4) is 0 Å². The van der Waals surface area contributed by atoms with E-state index >= 15 is 0 Å². The molecule has 1 aliphatic heterocycles. The van der Waals surface area contributed by atoms with Crippen LogP contribution in [0.15, 0.2) is 53.7 Å². The Morgan fingerprint density at radius 1 is 1.03 bits per heavy atom. The molecule has 0 aliphatic carbocycles. The van der Waals surface area contributed by atoms with Gasteiger partial charge in [-0.15, -0.1) is 0 Å². The van der Waals surface area contributed by atoms with Crippen LogP contribution >= 0.6 is 11.6 Å². The van der Waals surface area contributed by atoms with E-state index < -0.39 is 12.0 Å². The van der Waals surface area contributed by atoms with E-state index in [9.17, 15) is 9.59 Å². The molecular formula is C24H27ClN2O5. The summed E-state index contributed by atoms with van der Waals surface area (Å²) < 4.78 is 17.0. The van der Waals surface area contributed by atoms with Gasteiger partial charge < -0.3 is 24.8 Å². The zero-order valence-corrected chi connectivity index (χ0v) is 19.1. The van der Waals surface area contributed by atoms with Gasteiger partial charge in [-0.3, -0.25) is 0 Å². The molecule has 2 aromatic carbocycles. The minimum Gasteiger partial charge on any atom is -0.490 e. The molecule has 8 heteroatoms. The minimum atomic E-state index is -0.672. The van der Waals surface area contributed by atoms with Gasteiger partial charge in [0.1, 0.15) is 6.61 Å². The van der Waals surface area contributed by atoms with Crippen molar-refractivity contribution >= 4 is 23.6 Å². The number of rotatable bonds is 9. The van der Waals surface area contributed by atoms with Gasteiger partial charge in [0.2, 0.25) is 0 Å². The van der Waals surface area contributed by atoms with E-state index in [2.05, 4.69) is 10.6 Å². The summed E-state index contributed by atoms with van der Waals surface area (Å²) in [5, 5.41) is 6.15. The molecule has 1 unspecified atom stereocenters. The van der Waals surface area contributed by atoms with Crippen LogP contribution in [-0.4, -0.2) is 25.2 Å². The molecule has 2 amide bonds. The van der Waals surface area contributed by atoms with Crippen molar-refractivity contribution in [1.29, 1.82) is 0 Å². The molecule has 0 radical (unpaired) electrons. The van der Waals surface area contributed by atoms with Gasteiger partial charge in [0, 0.05) is 16.3 Å². The van der Waals surface area contributed by atoms with Crippen LogP contribution in [0.2, 0.25) is 5.02 Å². The maximum absolute atomic E-state index is 12.7. The first kappa shape index (κ1) is 23.5. The first-order chi connectivity index (χ1) is 15.5. The van der Waals surface area contributed by atoms with Gasteiger partial charge in [-0.05, 0) is 44.0 Å². The SMILES string of the molecule is CCOC(=O)C1=C(CC)NC(=O)NC1c1ccc(OCc2ccccc2Cl)c(OCC)c1. The van der Waals surface area contributed by atoms with Crippen molar-refractivity contribution in [3.8, 4) is 11.5 Å². The van der Waals surface area contributed by atoms with E-state index in [0.29, 0.717) is 46.4 Å². The summed E-state index contributed by atoms with van der Waals surface area (Å²) in [4.78, 5) is 24.9. The van der Waals surface area contributed by atoms with E-state index in [-0.39, 0.29) is 19.2 Å². The maximum Gasteiger partial charge on any atom is 0.338 e. The molecule has 2 N–H and O–H groups in total. The topological polar surface area (TPSA) is 85.9 Å². The van der Waals surface area contributed by atoms with Crippen molar-refractivity contribution in [1.82, 2.24) is 10.6 Å². The Balaban J connectivity index is 1.94. The number of halogens is 1. The van der Waals surface area contributed by atoms with Gasteiger partial charge in [-0.1, -0.05) is 42.8 Å². The lowest BCUT2D eigenvalue weighted by atomic mass is 9.94. The van der Waals surface area contributed by atoms with Crippen LogP contribution in [0.4, 0.5) is 4.79 Å². The second kappa shape index (κ2) is 10.9. The number of amides is 2. The van der Waals surface area contributed by atoms with E-state index in [1.165, 1.54) is 0 Å². The predicted octanol–water partition coefficient (Wildman–Crippen LogP) is 4.90. The third kappa shape index (κ3) is 5.34. The lowest BCUT2D eigenvalue weighted by Crippen LogP contribution is -2.45. The van der Waals surface area contributed by atoms with Crippen LogP contribution < -0.4 is 20.1 Å². The van der Waals surface area contributed by atoms with Crippen LogP contribution in [0.5, 0.6) is 11.5 Å². The minimum absolute atomic E-state index is 0.235. The number of esters is 1. The Morgan fingerprint density at radius 3 is 2.50 bits per heavy atom. The lowest BCUT2D eigenvalue weighted by Gasteiger charge is -2.29. The third-order valence-electron chi connectivity index (χ3n) is 4.94. The van der Waals surface area contributed by atoms with Crippen LogP contribution in [0.25, 0.3) is 0 Å². The zero-order chi connectivity index (χ0) is 23.1. The van der Waals surface area contributed by atoms with E-state index in [1.54, 1.807) is 31.2 Å². The Morgan fingerprint density at radius 2 is 1.81 bits per heavy atom. The number of hydrogen-bond acceptors (Lipinski definition) is 5. The molecule has 0 spiro atoms. The fraction of sp³-hybridized carbons (Fsp3) is 0.333. The average Bonchev–Trinajstić information content (AvgIpc) is 2.78. The van der Waals surface area contributed by atoms with Crippen molar-refractivity contribution in [2.45, 2.75) is 39.8 Å².